The number of benzene rings is 2. The maximum Gasteiger partial charge on any atom is 0.322 e. The molecule has 24 heavy (non-hydrogen) atoms. The Morgan fingerprint density at radius 2 is 1.75 bits per heavy atom. The normalized spacial score (nSPS) is 13.0. The smallest absolute Gasteiger partial charge is 0.322 e. The molecule has 0 saturated heterocycles. The van der Waals surface area contributed by atoms with Crippen molar-refractivity contribution in [1.29, 1.82) is 0 Å². The van der Waals surface area contributed by atoms with Gasteiger partial charge in [0.25, 0.3) is 0 Å². The summed E-state index contributed by atoms with van der Waals surface area (Å²) >= 11 is 0. The molecule has 5 nitrogen and oxygen atoms in total. The maximum atomic E-state index is 12.7. The molecule has 0 heterocycles. The SMILES string of the molecule is Cc1ccc(C)c(CC(C(=O)O)N(C)S(=O)(=O)c2ccccc2)c1. The second-order valence-corrected chi connectivity index (χ2v) is 7.82. The highest BCUT2D eigenvalue weighted by atomic mass is 32.2. The number of carbonyl (C=O) groups is 1. The Labute approximate surface area is 142 Å². The molecular weight excluding hydrogens is 326 g/mol. The van der Waals surface area contributed by atoms with Crippen molar-refractivity contribution in [1.82, 2.24) is 4.31 Å². The fraction of sp³-hybridized carbons (Fsp3) is 0.278. The molecule has 128 valence electrons. The molecule has 1 N–H and O–H groups in total. The zero-order chi connectivity index (χ0) is 17.9. The van der Waals surface area contributed by atoms with E-state index in [1.807, 2.05) is 32.0 Å². The number of aryl methyl sites for hydroxylation is 2. The van der Waals surface area contributed by atoms with Gasteiger partial charge >= 0.3 is 5.97 Å². The number of carboxylic acids is 1. The number of hydrogen-bond acceptors (Lipinski definition) is 3. The second kappa shape index (κ2) is 7.15. The summed E-state index contributed by atoms with van der Waals surface area (Å²) in [7, 11) is -2.56. The Kier molecular flexibility index (Phi) is 5.41. The van der Waals surface area contributed by atoms with E-state index in [2.05, 4.69) is 0 Å². The van der Waals surface area contributed by atoms with Crippen molar-refractivity contribution in [2.45, 2.75) is 31.2 Å². The zero-order valence-corrected chi connectivity index (χ0v) is 14.7. The molecule has 0 saturated carbocycles. The van der Waals surface area contributed by atoms with Crippen LogP contribution in [0.1, 0.15) is 16.7 Å². The summed E-state index contributed by atoms with van der Waals surface area (Å²) in [5.41, 5.74) is 2.78. The van der Waals surface area contributed by atoms with Gasteiger partial charge in [-0.15, -0.1) is 0 Å². The summed E-state index contributed by atoms with van der Waals surface area (Å²) in [6, 6.07) is 12.4. The number of nitrogens with zero attached hydrogens (tertiary/aromatic N) is 1. The van der Waals surface area contributed by atoms with Crippen molar-refractivity contribution in [3.8, 4) is 0 Å². The van der Waals surface area contributed by atoms with Crippen molar-refractivity contribution in [3.63, 3.8) is 0 Å². The van der Waals surface area contributed by atoms with Gasteiger partial charge in [0, 0.05) is 7.05 Å². The number of carboxylic acid groups (broad SMARTS) is 1. The van der Waals surface area contributed by atoms with Crippen LogP contribution >= 0.6 is 0 Å². The topological polar surface area (TPSA) is 74.7 Å². The quantitative estimate of drug-likeness (QED) is 0.872. The van der Waals surface area contributed by atoms with Crippen LogP contribution in [0.15, 0.2) is 53.4 Å². The van der Waals surface area contributed by atoms with Crippen molar-refractivity contribution in [3.05, 3.63) is 65.2 Å². The van der Waals surface area contributed by atoms with Gasteiger partial charge in [-0.2, -0.15) is 4.31 Å². The lowest BCUT2D eigenvalue weighted by atomic mass is 9.99. The van der Waals surface area contributed by atoms with Crippen LogP contribution in [0.4, 0.5) is 0 Å². The first kappa shape index (κ1) is 18.2. The minimum atomic E-state index is -3.87. The minimum Gasteiger partial charge on any atom is -0.480 e. The van der Waals surface area contributed by atoms with Crippen molar-refractivity contribution >= 4 is 16.0 Å². The van der Waals surface area contributed by atoms with Gasteiger partial charge in [-0.05, 0) is 43.5 Å². The molecule has 0 spiro atoms. The molecule has 2 aromatic carbocycles. The van der Waals surface area contributed by atoms with Crippen LogP contribution < -0.4 is 0 Å². The third kappa shape index (κ3) is 3.83. The molecule has 1 atom stereocenters. The lowest BCUT2D eigenvalue weighted by molar-refractivity contribution is -0.141. The van der Waals surface area contributed by atoms with Gasteiger partial charge in [0.2, 0.25) is 10.0 Å². The summed E-state index contributed by atoms with van der Waals surface area (Å²) in [6.07, 6.45) is 0.116. The van der Waals surface area contributed by atoms with E-state index in [-0.39, 0.29) is 11.3 Å². The predicted octanol–water partition coefficient (Wildman–Crippen LogP) is 2.62. The highest BCUT2D eigenvalue weighted by Gasteiger charge is 2.33. The van der Waals surface area contributed by atoms with E-state index in [0.717, 1.165) is 21.0 Å². The van der Waals surface area contributed by atoms with E-state index in [4.69, 9.17) is 0 Å². The van der Waals surface area contributed by atoms with Crippen LogP contribution in [0.2, 0.25) is 0 Å². The standard InChI is InChI=1S/C18H21NO4S/c1-13-9-10-14(2)15(11-13)12-17(18(20)21)19(3)24(22,23)16-7-5-4-6-8-16/h4-11,17H,12H2,1-3H3,(H,20,21). The van der Waals surface area contributed by atoms with E-state index in [0.29, 0.717) is 0 Å². The summed E-state index contributed by atoms with van der Waals surface area (Å²) in [4.78, 5) is 11.8. The Morgan fingerprint density at radius 1 is 1.12 bits per heavy atom. The largest absolute Gasteiger partial charge is 0.480 e. The van der Waals surface area contributed by atoms with Gasteiger partial charge in [0.05, 0.1) is 4.90 Å². The summed E-state index contributed by atoms with van der Waals surface area (Å²) in [5.74, 6) is -1.17. The molecule has 0 aromatic heterocycles. The Morgan fingerprint density at radius 3 is 2.33 bits per heavy atom. The Bertz CT molecular complexity index is 831. The van der Waals surface area contributed by atoms with Crippen LogP contribution in [0.5, 0.6) is 0 Å². The summed E-state index contributed by atoms with van der Waals surface area (Å²) < 4.78 is 26.3. The monoisotopic (exact) mass is 347 g/mol. The van der Waals surface area contributed by atoms with E-state index in [1.165, 1.54) is 19.2 Å². The highest BCUT2D eigenvalue weighted by Crippen LogP contribution is 2.20. The van der Waals surface area contributed by atoms with Crippen LogP contribution in [-0.2, 0) is 21.2 Å². The molecule has 2 rings (SSSR count). The molecule has 6 heteroatoms. The number of rotatable bonds is 6. The molecule has 0 aliphatic rings. The van der Waals surface area contributed by atoms with Crippen LogP contribution in [0.25, 0.3) is 0 Å². The lowest BCUT2D eigenvalue weighted by Gasteiger charge is -2.25. The molecule has 0 amide bonds. The fourth-order valence-electron chi connectivity index (χ4n) is 2.53. The summed E-state index contributed by atoms with van der Waals surface area (Å²) in [5, 5.41) is 9.57. The van der Waals surface area contributed by atoms with Gasteiger partial charge in [-0.1, -0.05) is 42.0 Å². The van der Waals surface area contributed by atoms with E-state index in [9.17, 15) is 18.3 Å². The molecular formula is C18H21NO4S. The van der Waals surface area contributed by atoms with Crippen molar-refractivity contribution in [2.75, 3.05) is 7.05 Å². The van der Waals surface area contributed by atoms with Gasteiger partial charge in [0.1, 0.15) is 6.04 Å². The van der Waals surface area contributed by atoms with Gasteiger partial charge in [-0.3, -0.25) is 4.79 Å². The highest BCUT2D eigenvalue weighted by molar-refractivity contribution is 7.89. The molecule has 0 aliphatic carbocycles. The van der Waals surface area contributed by atoms with Crippen LogP contribution in [0.3, 0.4) is 0 Å². The van der Waals surface area contributed by atoms with Gasteiger partial charge < -0.3 is 5.11 Å². The Hall–Kier alpha value is -2.18. The van der Waals surface area contributed by atoms with Crippen molar-refractivity contribution < 1.29 is 18.3 Å². The zero-order valence-electron chi connectivity index (χ0n) is 13.9. The third-order valence-corrected chi connectivity index (χ3v) is 5.94. The molecule has 2 aromatic rings. The molecule has 1 unspecified atom stereocenters. The number of likely N-dealkylation sites (N-methyl/N-ethyl adjacent to an activating group) is 1. The first-order chi connectivity index (χ1) is 11.2. The van der Waals surface area contributed by atoms with E-state index in [1.54, 1.807) is 18.2 Å². The average molecular weight is 347 g/mol. The predicted molar refractivity (Wildman–Crippen MR) is 92.4 cm³/mol. The molecule has 0 radical (unpaired) electrons. The van der Waals surface area contributed by atoms with Crippen molar-refractivity contribution in [2.24, 2.45) is 0 Å². The van der Waals surface area contributed by atoms with E-state index >= 15 is 0 Å². The molecule has 0 fully saturated rings. The Balaban J connectivity index is 2.37. The third-order valence-electron chi connectivity index (χ3n) is 4.06. The maximum absolute atomic E-state index is 12.7. The first-order valence-corrected chi connectivity index (χ1v) is 8.99. The fourth-order valence-corrected chi connectivity index (χ4v) is 3.86. The second-order valence-electron chi connectivity index (χ2n) is 5.82. The van der Waals surface area contributed by atoms with E-state index < -0.39 is 22.0 Å². The minimum absolute atomic E-state index is 0.0831. The first-order valence-electron chi connectivity index (χ1n) is 7.55. The number of aliphatic carboxylic acids is 1. The average Bonchev–Trinajstić information content (AvgIpc) is 2.55. The molecule has 0 bridgehead atoms. The molecule has 0 aliphatic heterocycles. The lowest BCUT2D eigenvalue weighted by Crippen LogP contribution is -2.43. The number of sulfonamides is 1. The van der Waals surface area contributed by atoms with Gasteiger partial charge in [0.15, 0.2) is 0 Å². The number of hydrogen-bond donors (Lipinski definition) is 1. The summed E-state index contributed by atoms with van der Waals surface area (Å²) in [6.45, 7) is 3.81. The van der Waals surface area contributed by atoms with Crippen LogP contribution in [-0.4, -0.2) is 36.9 Å². The van der Waals surface area contributed by atoms with Gasteiger partial charge in [-0.25, -0.2) is 8.42 Å². The van der Waals surface area contributed by atoms with Crippen LogP contribution in [0, 0.1) is 13.8 Å².